The second kappa shape index (κ2) is 5.67. The van der Waals surface area contributed by atoms with E-state index < -0.39 is 11.6 Å². The number of carbonyl (C=O) groups is 1. The first kappa shape index (κ1) is 13.5. The minimum Gasteiger partial charge on any atom is -0.464 e. The van der Waals surface area contributed by atoms with E-state index in [2.05, 4.69) is 6.92 Å². The van der Waals surface area contributed by atoms with Crippen molar-refractivity contribution in [1.29, 1.82) is 0 Å². The number of ether oxygens (including phenoxy) is 1. The lowest BCUT2D eigenvalue weighted by Gasteiger charge is -2.37. The Kier molecular flexibility index (Phi) is 4.78. The van der Waals surface area contributed by atoms with E-state index in [-0.39, 0.29) is 5.92 Å². The fraction of sp³-hybridized carbons (Fsp3) is 0.923. The number of aliphatic hydroxyl groups is 1. The van der Waals surface area contributed by atoms with Gasteiger partial charge in [0.15, 0.2) is 5.60 Å². The summed E-state index contributed by atoms with van der Waals surface area (Å²) in [6, 6.07) is 0. The van der Waals surface area contributed by atoms with Crippen LogP contribution in [0.2, 0.25) is 0 Å². The van der Waals surface area contributed by atoms with Gasteiger partial charge in [0.05, 0.1) is 6.61 Å². The molecule has 0 heterocycles. The van der Waals surface area contributed by atoms with Gasteiger partial charge in [-0.3, -0.25) is 0 Å². The molecule has 0 aliphatic heterocycles. The van der Waals surface area contributed by atoms with E-state index in [1.54, 1.807) is 6.92 Å². The van der Waals surface area contributed by atoms with Gasteiger partial charge < -0.3 is 9.84 Å². The SMILES string of the molecule is CCOC(=O)C(O)(CC)C1CCC(C)CC1. The zero-order chi connectivity index (χ0) is 12.2. The number of rotatable bonds is 4. The van der Waals surface area contributed by atoms with Gasteiger partial charge in [-0.15, -0.1) is 0 Å². The molecular formula is C13H24O3. The molecule has 0 aromatic heterocycles. The van der Waals surface area contributed by atoms with Gasteiger partial charge in [-0.05, 0) is 38.0 Å². The molecule has 0 aromatic carbocycles. The Morgan fingerprint density at radius 1 is 1.31 bits per heavy atom. The molecule has 1 saturated carbocycles. The Hall–Kier alpha value is -0.570. The van der Waals surface area contributed by atoms with E-state index in [0.29, 0.717) is 13.0 Å². The zero-order valence-corrected chi connectivity index (χ0v) is 10.7. The number of carbonyl (C=O) groups excluding carboxylic acids is 1. The fourth-order valence-corrected chi connectivity index (χ4v) is 2.59. The normalized spacial score (nSPS) is 29.5. The van der Waals surface area contributed by atoms with E-state index in [1.807, 2.05) is 6.92 Å². The van der Waals surface area contributed by atoms with E-state index in [9.17, 15) is 9.90 Å². The van der Waals surface area contributed by atoms with Crippen LogP contribution in [-0.2, 0) is 9.53 Å². The molecule has 16 heavy (non-hydrogen) atoms. The summed E-state index contributed by atoms with van der Waals surface area (Å²) in [5, 5.41) is 10.5. The van der Waals surface area contributed by atoms with Gasteiger partial charge in [0.1, 0.15) is 0 Å². The average molecular weight is 228 g/mol. The molecule has 94 valence electrons. The fourth-order valence-electron chi connectivity index (χ4n) is 2.59. The highest BCUT2D eigenvalue weighted by Gasteiger charge is 2.44. The predicted octanol–water partition coefficient (Wildman–Crippen LogP) is 2.52. The van der Waals surface area contributed by atoms with Crippen LogP contribution in [0.5, 0.6) is 0 Å². The summed E-state index contributed by atoms with van der Waals surface area (Å²) in [5.41, 5.74) is -1.25. The predicted molar refractivity (Wildman–Crippen MR) is 63.0 cm³/mol. The molecular weight excluding hydrogens is 204 g/mol. The standard InChI is InChI=1S/C13H24O3/c1-4-13(15,12(14)16-5-2)11-8-6-10(3)7-9-11/h10-11,15H,4-9H2,1-3H3. The number of esters is 1. The summed E-state index contributed by atoms with van der Waals surface area (Å²) in [6.07, 6.45) is 4.53. The van der Waals surface area contributed by atoms with E-state index >= 15 is 0 Å². The van der Waals surface area contributed by atoms with E-state index in [1.165, 1.54) is 0 Å². The lowest BCUT2D eigenvalue weighted by molar-refractivity contribution is -0.174. The zero-order valence-electron chi connectivity index (χ0n) is 10.7. The van der Waals surface area contributed by atoms with E-state index in [0.717, 1.165) is 31.6 Å². The van der Waals surface area contributed by atoms with Crippen LogP contribution in [-0.4, -0.2) is 23.3 Å². The van der Waals surface area contributed by atoms with Crippen molar-refractivity contribution in [3.63, 3.8) is 0 Å². The monoisotopic (exact) mass is 228 g/mol. The van der Waals surface area contributed by atoms with Gasteiger partial charge in [-0.1, -0.05) is 26.7 Å². The van der Waals surface area contributed by atoms with Crippen LogP contribution in [0.1, 0.15) is 52.9 Å². The van der Waals surface area contributed by atoms with Gasteiger partial charge in [0, 0.05) is 0 Å². The van der Waals surface area contributed by atoms with Crippen molar-refractivity contribution in [3.05, 3.63) is 0 Å². The second-order valence-electron chi connectivity index (χ2n) is 4.96. The first-order valence-corrected chi connectivity index (χ1v) is 6.44. The Morgan fingerprint density at radius 3 is 2.31 bits per heavy atom. The largest absolute Gasteiger partial charge is 0.464 e. The molecule has 0 spiro atoms. The molecule has 0 amide bonds. The quantitative estimate of drug-likeness (QED) is 0.752. The lowest BCUT2D eigenvalue weighted by atomic mass is 9.73. The molecule has 0 aromatic rings. The van der Waals surface area contributed by atoms with Crippen LogP contribution in [0.25, 0.3) is 0 Å². The third kappa shape index (κ3) is 2.76. The van der Waals surface area contributed by atoms with Crippen LogP contribution in [0.3, 0.4) is 0 Å². The molecule has 3 nitrogen and oxygen atoms in total. The van der Waals surface area contributed by atoms with Crippen LogP contribution < -0.4 is 0 Å². The molecule has 0 radical (unpaired) electrons. The van der Waals surface area contributed by atoms with Gasteiger partial charge in [0.2, 0.25) is 0 Å². The lowest BCUT2D eigenvalue weighted by Crippen LogP contribution is -2.47. The Labute approximate surface area is 98.2 Å². The van der Waals surface area contributed by atoms with Crippen molar-refractivity contribution in [2.45, 2.75) is 58.5 Å². The molecule has 1 rings (SSSR count). The molecule has 1 N–H and O–H groups in total. The van der Waals surface area contributed by atoms with Crippen LogP contribution in [0, 0.1) is 11.8 Å². The minimum atomic E-state index is -1.25. The Bertz CT molecular complexity index is 231. The summed E-state index contributed by atoms with van der Waals surface area (Å²) in [7, 11) is 0. The molecule has 1 fully saturated rings. The van der Waals surface area contributed by atoms with Crippen LogP contribution >= 0.6 is 0 Å². The first-order chi connectivity index (χ1) is 7.54. The topological polar surface area (TPSA) is 46.5 Å². The van der Waals surface area contributed by atoms with Crippen molar-refractivity contribution in [2.24, 2.45) is 11.8 Å². The number of hydrogen-bond donors (Lipinski definition) is 1. The summed E-state index contributed by atoms with van der Waals surface area (Å²) >= 11 is 0. The van der Waals surface area contributed by atoms with Crippen molar-refractivity contribution < 1.29 is 14.6 Å². The summed E-state index contributed by atoms with van der Waals surface area (Å²) in [6.45, 7) is 6.20. The Balaban J connectivity index is 2.67. The molecule has 1 atom stereocenters. The highest BCUT2D eigenvalue weighted by atomic mass is 16.5. The maximum atomic E-state index is 11.8. The van der Waals surface area contributed by atoms with Crippen molar-refractivity contribution in [3.8, 4) is 0 Å². The van der Waals surface area contributed by atoms with Crippen molar-refractivity contribution in [1.82, 2.24) is 0 Å². The maximum absolute atomic E-state index is 11.8. The number of hydrogen-bond acceptors (Lipinski definition) is 3. The molecule has 0 saturated heterocycles. The van der Waals surface area contributed by atoms with Gasteiger partial charge in [-0.2, -0.15) is 0 Å². The van der Waals surface area contributed by atoms with Gasteiger partial charge >= 0.3 is 5.97 Å². The van der Waals surface area contributed by atoms with Crippen LogP contribution in [0.15, 0.2) is 0 Å². The van der Waals surface area contributed by atoms with Gasteiger partial charge in [-0.25, -0.2) is 4.79 Å². The third-order valence-electron chi connectivity index (χ3n) is 3.86. The first-order valence-electron chi connectivity index (χ1n) is 6.44. The molecule has 0 bridgehead atoms. The van der Waals surface area contributed by atoms with Crippen LogP contribution in [0.4, 0.5) is 0 Å². The highest BCUT2D eigenvalue weighted by molar-refractivity contribution is 5.79. The smallest absolute Gasteiger partial charge is 0.338 e. The Morgan fingerprint density at radius 2 is 1.88 bits per heavy atom. The van der Waals surface area contributed by atoms with Crippen molar-refractivity contribution in [2.75, 3.05) is 6.61 Å². The van der Waals surface area contributed by atoms with Gasteiger partial charge in [0.25, 0.3) is 0 Å². The summed E-state index contributed by atoms with van der Waals surface area (Å²) in [5.74, 6) is 0.365. The maximum Gasteiger partial charge on any atom is 0.338 e. The van der Waals surface area contributed by atoms with E-state index in [4.69, 9.17) is 4.74 Å². The van der Waals surface area contributed by atoms with Crippen molar-refractivity contribution >= 4 is 5.97 Å². The molecule has 1 aliphatic rings. The molecule has 3 heteroatoms. The molecule has 1 aliphatic carbocycles. The average Bonchev–Trinajstić information content (AvgIpc) is 2.29. The summed E-state index contributed by atoms with van der Waals surface area (Å²) in [4.78, 5) is 11.8. The molecule has 1 unspecified atom stereocenters. The third-order valence-corrected chi connectivity index (χ3v) is 3.86. The summed E-state index contributed by atoms with van der Waals surface area (Å²) < 4.78 is 4.99. The minimum absolute atomic E-state index is 0.0766. The highest BCUT2D eigenvalue weighted by Crippen LogP contribution is 2.37. The second-order valence-corrected chi connectivity index (χ2v) is 4.96.